The number of hydrogen-bond donors (Lipinski definition) is 0. The number of hydrogen-bond acceptors (Lipinski definition) is 3. The van der Waals surface area contributed by atoms with E-state index in [4.69, 9.17) is 14.2 Å². The molecule has 0 N–H and O–H groups in total. The first-order valence-corrected chi connectivity index (χ1v) is 6.16. The Balaban J connectivity index is 1.87. The highest BCUT2D eigenvalue weighted by Crippen LogP contribution is 2.20. The quantitative estimate of drug-likeness (QED) is 0.804. The summed E-state index contributed by atoms with van der Waals surface area (Å²) < 4.78 is 16.5. The van der Waals surface area contributed by atoms with Crippen molar-refractivity contribution < 1.29 is 14.2 Å². The molecule has 17 heavy (non-hydrogen) atoms. The van der Waals surface area contributed by atoms with Crippen molar-refractivity contribution in [3.63, 3.8) is 0 Å². The summed E-state index contributed by atoms with van der Waals surface area (Å²) in [4.78, 5) is 0. The lowest BCUT2D eigenvalue weighted by atomic mass is 10.1. The SMILES string of the molecule is COc1ccc(COC2CCCCO2)cc1C. The summed E-state index contributed by atoms with van der Waals surface area (Å²) in [6, 6.07) is 6.12. The van der Waals surface area contributed by atoms with Crippen LogP contribution in [0.25, 0.3) is 0 Å². The molecule has 1 aliphatic rings. The van der Waals surface area contributed by atoms with Crippen LogP contribution in [0.1, 0.15) is 30.4 Å². The molecule has 1 heterocycles. The highest BCUT2D eigenvalue weighted by molar-refractivity contribution is 5.35. The standard InChI is InChI=1S/C14H20O3/c1-11-9-12(6-7-13(11)15-2)10-17-14-5-3-4-8-16-14/h6-7,9,14H,3-5,8,10H2,1-2H3. The molecule has 0 radical (unpaired) electrons. The Kier molecular flexibility index (Phi) is 4.40. The van der Waals surface area contributed by atoms with Crippen LogP contribution in [0.2, 0.25) is 0 Å². The van der Waals surface area contributed by atoms with Crippen LogP contribution in [0.5, 0.6) is 5.75 Å². The van der Waals surface area contributed by atoms with Gasteiger partial charge in [0.25, 0.3) is 0 Å². The van der Waals surface area contributed by atoms with Crippen molar-refractivity contribution in [1.82, 2.24) is 0 Å². The number of rotatable bonds is 4. The number of ether oxygens (including phenoxy) is 3. The van der Waals surface area contributed by atoms with E-state index < -0.39 is 0 Å². The Morgan fingerprint density at radius 2 is 2.24 bits per heavy atom. The summed E-state index contributed by atoms with van der Waals surface area (Å²) in [5, 5.41) is 0. The predicted octanol–water partition coefficient (Wildman–Crippen LogP) is 3.05. The maximum Gasteiger partial charge on any atom is 0.158 e. The van der Waals surface area contributed by atoms with Gasteiger partial charge in [-0.1, -0.05) is 12.1 Å². The van der Waals surface area contributed by atoms with Crippen molar-refractivity contribution in [1.29, 1.82) is 0 Å². The van der Waals surface area contributed by atoms with Crippen molar-refractivity contribution in [3.05, 3.63) is 29.3 Å². The third-order valence-corrected chi connectivity index (χ3v) is 3.03. The van der Waals surface area contributed by atoms with Gasteiger partial charge < -0.3 is 14.2 Å². The van der Waals surface area contributed by atoms with Crippen LogP contribution < -0.4 is 4.74 Å². The Hall–Kier alpha value is -1.06. The zero-order valence-electron chi connectivity index (χ0n) is 10.6. The molecule has 2 rings (SSSR count). The fraction of sp³-hybridized carbons (Fsp3) is 0.571. The van der Waals surface area contributed by atoms with Crippen molar-refractivity contribution in [2.24, 2.45) is 0 Å². The minimum absolute atomic E-state index is 0.0221. The average Bonchev–Trinajstić information content (AvgIpc) is 2.38. The van der Waals surface area contributed by atoms with E-state index in [9.17, 15) is 0 Å². The first-order valence-electron chi connectivity index (χ1n) is 6.16. The van der Waals surface area contributed by atoms with Crippen LogP contribution in [0, 0.1) is 6.92 Å². The minimum Gasteiger partial charge on any atom is -0.496 e. The van der Waals surface area contributed by atoms with Crippen molar-refractivity contribution in [2.45, 2.75) is 39.1 Å². The number of methoxy groups -OCH3 is 1. The molecular weight excluding hydrogens is 216 g/mol. The highest BCUT2D eigenvalue weighted by Gasteiger charge is 2.14. The summed E-state index contributed by atoms with van der Waals surface area (Å²) in [7, 11) is 1.69. The molecule has 3 heteroatoms. The molecule has 0 saturated carbocycles. The molecule has 1 fully saturated rings. The Bertz CT molecular complexity index is 356. The fourth-order valence-electron chi connectivity index (χ4n) is 2.06. The van der Waals surface area contributed by atoms with Gasteiger partial charge >= 0.3 is 0 Å². The largest absolute Gasteiger partial charge is 0.496 e. The maximum atomic E-state index is 5.73. The van der Waals surface area contributed by atoms with Gasteiger partial charge in [0, 0.05) is 6.61 Å². The van der Waals surface area contributed by atoms with Crippen LogP contribution in [-0.4, -0.2) is 20.0 Å². The van der Waals surface area contributed by atoms with Gasteiger partial charge in [0.05, 0.1) is 13.7 Å². The Morgan fingerprint density at radius 3 is 2.88 bits per heavy atom. The second kappa shape index (κ2) is 6.03. The van der Waals surface area contributed by atoms with E-state index in [1.807, 2.05) is 19.1 Å². The van der Waals surface area contributed by atoms with Gasteiger partial charge in [0.15, 0.2) is 6.29 Å². The lowest BCUT2D eigenvalue weighted by Crippen LogP contribution is -2.22. The van der Waals surface area contributed by atoms with E-state index in [1.54, 1.807) is 7.11 Å². The van der Waals surface area contributed by atoms with E-state index in [1.165, 1.54) is 6.42 Å². The molecule has 0 spiro atoms. The maximum absolute atomic E-state index is 5.73. The molecule has 1 aromatic rings. The second-order valence-corrected chi connectivity index (χ2v) is 4.41. The molecule has 0 aromatic heterocycles. The van der Waals surface area contributed by atoms with Crippen molar-refractivity contribution >= 4 is 0 Å². The first kappa shape index (κ1) is 12.4. The average molecular weight is 236 g/mol. The predicted molar refractivity (Wildman–Crippen MR) is 66.1 cm³/mol. The summed E-state index contributed by atoms with van der Waals surface area (Å²) in [5.74, 6) is 0.919. The topological polar surface area (TPSA) is 27.7 Å². The third kappa shape index (κ3) is 3.45. The van der Waals surface area contributed by atoms with E-state index >= 15 is 0 Å². The van der Waals surface area contributed by atoms with E-state index in [0.29, 0.717) is 6.61 Å². The van der Waals surface area contributed by atoms with Crippen molar-refractivity contribution in [2.75, 3.05) is 13.7 Å². The molecule has 3 nitrogen and oxygen atoms in total. The summed E-state index contributed by atoms with van der Waals surface area (Å²) in [6.07, 6.45) is 3.34. The third-order valence-electron chi connectivity index (χ3n) is 3.03. The van der Waals surface area contributed by atoms with Gasteiger partial charge in [0.1, 0.15) is 5.75 Å². The molecule has 1 atom stereocenters. The molecule has 1 saturated heterocycles. The fourth-order valence-corrected chi connectivity index (χ4v) is 2.06. The van der Waals surface area contributed by atoms with Gasteiger partial charge in [0.2, 0.25) is 0 Å². The lowest BCUT2D eigenvalue weighted by Gasteiger charge is -2.22. The van der Waals surface area contributed by atoms with Gasteiger partial charge in [-0.3, -0.25) is 0 Å². The summed E-state index contributed by atoms with van der Waals surface area (Å²) in [6.45, 7) is 3.47. The minimum atomic E-state index is -0.0221. The molecular formula is C14H20O3. The van der Waals surface area contributed by atoms with Crippen LogP contribution >= 0.6 is 0 Å². The van der Waals surface area contributed by atoms with E-state index in [2.05, 4.69) is 6.07 Å². The number of benzene rings is 1. The van der Waals surface area contributed by atoms with Gasteiger partial charge in [-0.15, -0.1) is 0 Å². The van der Waals surface area contributed by atoms with Gasteiger partial charge in [-0.25, -0.2) is 0 Å². The molecule has 94 valence electrons. The normalized spacial score (nSPS) is 20.2. The van der Waals surface area contributed by atoms with Gasteiger partial charge in [-0.2, -0.15) is 0 Å². The van der Waals surface area contributed by atoms with E-state index in [-0.39, 0.29) is 6.29 Å². The second-order valence-electron chi connectivity index (χ2n) is 4.41. The van der Waals surface area contributed by atoms with Crippen molar-refractivity contribution in [3.8, 4) is 5.75 Å². The first-order chi connectivity index (χ1) is 8.29. The number of aryl methyl sites for hydroxylation is 1. The Labute approximate surface area is 103 Å². The molecule has 1 aromatic carbocycles. The zero-order valence-corrected chi connectivity index (χ0v) is 10.6. The summed E-state index contributed by atoms with van der Waals surface area (Å²) >= 11 is 0. The van der Waals surface area contributed by atoms with Crippen LogP contribution in [0.4, 0.5) is 0 Å². The molecule has 0 amide bonds. The zero-order chi connectivity index (χ0) is 12.1. The monoisotopic (exact) mass is 236 g/mol. The smallest absolute Gasteiger partial charge is 0.158 e. The molecule has 1 aliphatic heterocycles. The highest BCUT2D eigenvalue weighted by atomic mass is 16.7. The van der Waals surface area contributed by atoms with E-state index in [0.717, 1.165) is 36.3 Å². The van der Waals surface area contributed by atoms with Crippen LogP contribution in [-0.2, 0) is 16.1 Å². The van der Waals surface area contributed by atoms with Crippen LogP contribution in [0.15, 0.2) is 18.2 Å². The van der Waals surface area contributed by atoms with Crippen LogP contribution in [0.3, 0.4) is 0 Å². The van der Waals surface area contributed by atoms with Gasteiger partial charge in [-0.05, 0) is 43.4 Å². The Morgan fingerprint density at radius 1 is 1.35 bits per heavy atom. The lowest BCUT2D eigenvalue weighted by molar-refractivity contribution is -0.168. The molecule has 0 bridgehead atoms. The summed E-state index contributed by atoms with van der Waals surface area (Å²) in [5.41, 5.74) is 2.30. The molecule has 0 aliphatic carbocycles. The molecule has 1 unspecified atom stereocenters.